The van der Waals surface area contributed by atoms with E-state index in [-0.39, 0.29) is 36.2 Å². The summed E-state index contributed by atoms with van der Waals surface area (Å²) in [4.78, 5) is 48.2. The number of piperidine rings is 1. The van der Waals surface area contributed by atoms with E-state index in [1.54, 1.807) is 35.9 Å². The summed E-state index contributed by atoms with van der Waals surface area (Å²) in [5.41, 5.74) is 12.4. The summed E-state index contributed by atoms with van der Waals surface area (Å²) in [6.45, 7) is 9.38. The second kappa shape index (κ2) is 12.9. The molecule has 2 saturated heterocycles. The number of benzene rings is 1. The SMILES string of the molecule is CC[C@H]1CN(C(=O)Nc2ccn(-c3ccc(CN4CCC(N)CC4)cc3)c(=O)n2)CCN1C(=O)C(C)(C)N.Cl. The van der Waals surface area contributed by atoms with Gasteiger partial charge in [0.25, 0.3) is 0 Å². The minimum atomic E-state index is -0.964. The smallest absolute Gasteiger partial charge is 0.335 e. The highest BCUT2D eigenvalue weighted by molar-refractivity contribution is 5.89. The molecule has 1 aromatic carbocycles. The summed E-state index contributed by atoms with van der Waals surface area (Å²) < 4.78 is 1.45. The van der Waals surface area contributed by atoms with Gasteiger partial charge in [-0.1, -0.05) is 19.1 Å². The van der Waals surface area contributed by atoms with Gasteiger partial charge in [0.1, 0.15) is 5.82 Å². The van der Waals surface area contributed by atoms with Gasteiger partial charge >= 0.3 is 11.7 Å². The first-order valence-corrected chi connectivity index (χ1v) is 13.4. The fourth-order valence-electron chi connectivity index (χ4n) is 5.02. The Morgan fingerprint density at radius 1 is 1.08 bits per heavy atom. The van der Waals surface area contributed by atoms with Gasteiger partial charge in [-0.15, -0.1) is 12.4 Å². The van der Waals surface area contributed by atoms with E-state index in [1.807, 2.05) is 31.2 Å². The molecule has 39 heavy (non-hydrogen) atoms. The van der Waals surface area contributed by atoms with E-state index in [0.29, 0.717) is 37.8 Å². The van der Waals surface area contributed by atoms with Crippen molar-refractivity contribution in [1.29, 1.82) is 0 Å². The Morgan fingerprint density at radius 2 is 1.74 bits per heavy atom. The van der Waals surface area contributed by atoms with Gasteiger partial charge in [0.15, 0.2) is 0 Å². The van der Waals surface area contributed by atoms with E-state index in [2.05, 4.69) is 15.2 Å². The second-order valence-corrected chi connectivity index (χ2v) is 10.9. The molecular weight excluding hydrogens is 520 g/mol. The molecule has 4 rings (SSSR count). The van der Waals surface area contributed by atoms with Crippen LogP contribution in [0.4, 0.5) is 10.6 Å². The van der Waals surface area contributed by atoms with Crippen molar-refractivity contribution in [3.63, 3.8) is 0 Å². The number of carbonyl (C=O) groups is 2. The normalized spacial score (nSPS) is 18.9. The average Bonchev–Trinajstić information content (AvgIpc) is 2.89. The summed E-state index contributed by atoms with van der Waals surface area (Å²) >= 11 is 0. The van der Waals surface area contributed by atoms with Crippen molar-refractivity contribution >= 4 is 30.2 Å². The lowest BCUT2D eigenvalue weighted by Gasteiger charge is -2.43. The van der Waals surface area contributed by atoms with Crippen LogP contribution in [0.15, 0.2) is 41.3 Å². The summed E-state index contributed by atoms with van der Waals surface area (Å²) in [6, 6.07) is 9.29. The Hall–Kier alpha value is -2.99. The maximum atomic E-state index is 12.9. The first kappa shape index (κ1) is 30.6. The van der Waals surface area contributed by atoms with Gasteiger partial charge in [0, 0.05) is 44.5 Å². The van der Waals surface area contributed by atoms with Crippen LogP contribution in [0, 0.1) is 0 Å². The van der Waals surface area contributed by atoms with Crippen molar-refractivity contribution in [1.82, 2.24) is 24.3 Å². The maximum Gasteiger partial charge on any atom is 0.354 e. The minimum Gasteiger partial charge on any atom is -0.335 e. The van der Waals surface area contributed by atoms with Crippen LogP contribution < -0.4 is 22.5 Å². The Kier molecular flexibility index (Phi) is 10.1. The number of nitrogens with zero attached hydrogens (tertiary/aromatic N) is 5. The second-order valence-electron chi connectivity index (χ2n) is 10.9. The number of halogens is 1. The number of hydrogen-bond acceptors (Lipinski definition) is 7. The molecule has 0 aliphatic carbocycles. The van der Waals surface area contributed by atoms with E-state index < -0.39 is 11.2 Å². The van der Waals surface area contributed by atoms with Crippen LogP contribution in [0.3, 0.4) is 0 Å². The fourth-order valence-corrected chi connectivity index (χ4v) is 5.02. The molecule has 2 aliphatic rings. The number of aromatic nitrogens is 2. The van der Waals surface area contributed by atoms with Gasteiger partial charge in [0.05, 0.1) is 11.2 Å². The summed E-state index contributed by atoms with van der Waals surface area (Å²) in [6.07, 6.45) is 4.35. The zero-order valence-corrected chi connectivity index (χ0v) is 23.8. The standard InChI is InChI=1S/C27H40N8O3.ClH/c1-4-21-18-33(15-16-34(21)24(36)27(2,3)29)25(37)30-23-11-14-35(26(38)31-23)22-7-5-19(6-8-22)17-32-12-9-20(28)10-13-32;/h5-8,11,14,20-21H,4,9-10,12-13,15-18,28-29H2,1-3H3,(H,30,31,37,38);1H/t21-;/m0./s1. The molecule has 214 valence electrons. The molecule has 5 N–H and O–H groups in total. The summed E-state index contributed by atoms with van der Waals surface area (Å²) in [7, 11) is 0. The number of amides is 3. The highest BCUT2D eigenvalue weighted by atomic mass is 35.5. The van der Waals surface area contributed by atoms with Crippen LogP contribution >= 0.6 is 12.4 Å². The zero-order valence-electron chi connectivity index (χ0n) is 23.0. The maximum absolute atomic E-state index is 12.9. The van der Waals surface area contributed by atoms with Gasteiger partial charge in [-0.25, -0.2) is 9.59 Å². The molecular formula is C27H41ClN8O3. The number of hydrogen-bond donors (Lipinski definition) is 3. The van der Waals surface area contributed by atoms with Gasteiger partial charge in [-0.05, 0) is 70.0 Å². The third-order valence-electron chi connectivity index (χ3n) is 7.34. The van der Waals surface area contributed by atoms with E-state index in [1.165, 1.54) is 10.1 Å². The molecule has 1 aromatic heterocycles. The van der Waals surface area contributed by atoms with E-state index in [9.17, 15) is 14.4 Å². The van der Waals surface area contributed by atoms with Gasteiger partial charge in [-0.3, -0.25) is 19.6 Å². The van der Waals surface area contributed by atoms with Crippen LogP contribution in [0.5, 0.6) is 0 Å². The van der Waals surface area contributed by atoms with Crippen LogP contribution in [0.25, 0.3) is 5.69 Å². The number of nitrogens with one attached hydrogen (secondary N) is 1. The molecule has 3 heterocycles. The monoisotopic (exact) mass is 560 g/mol. The third kappa shape index (κ3) is 7.57. The van der Waals surface area contributed by atoms with Crippen LogP contribution in [0.1, 0.15) is 45.6 Å². The van der Waals surface area contributed by atoms with E-state index >= 15 is 0 Å². The third-order valence-corrected chi connectivity index (χ3v) is 7.34. The number of rotatable bonds is 6. The lowest BCUT2D eigenvalue weighted by atomic mass is 10.0. The largest absolute Gasteiger partial charge is 0.354 e. The highest BCUT2D eigenvalue weighted by Crippen LogP contribution is 2.18. The van der Waals surface area contributed by atoms with Crippen LogP contribution in [-0.4, -0.2) is 86.5 Å². The molecule has 0 spiro atoms. The van der Waals surface area contributed by atoms with Gasteiger partial charge < -0.3 is 21.3 Å². The van der Waals surface area contributed by atoms with Crippen molar-refractivity contribution in [2.24, 2.45) is 11.5 Å². The molecule has 1 atom stereocenters. The van der Waals surface area contributed by atoms with Crippen molar-refractivity contribution in [3.8, 4) is 5.69 Å². The van der Waals surface area contributed by atoms with Gasteiger partial charge in [-0.2, -0.15) is 4.98 Å². The lowest BCUT2D eigenvalue weighted by molar-refractivity contribution is -0.140. The van der Waals surface area contributed by atoms with Gasteiger partial charge in [0.2, 0.25) is 5.91 Å². The molecule has 2 fully saturated rings. The number of piperazine rings is 1. The fraction of sp³-hybridized carbons (Fsp3) is 0.556. The lowest BCUT2D eigenvalue weighted by Crippen LogP contribution is -2.62. The predicted octanol–water partition coefficient (Wildman–Crippen LogP) is 1.77. The van der Waals surface area contributed by atoms with E-state index in [4.69, 9.17) is 11.5 Å². The zero-order chi connectivity index (χ0) is 27.4. The number of urea groups is 1. The average molecular weight is 561 g/mol. The van der Waals surface area contributed by atoms with E-state index in [0.717, 1.165) is 32.5 Å². The van der Waals surface area contributed by atoms with Crippen LogP contribution in [0.2, 0.25) is 0 Å². The molecule has 2 aromatic rings. The Morgan fingerprint density at radius 3 is 2.33 bits per heavy atom. The molecule has 2 aliphatic heterocycles. The number of anilines is 1. The first-order valence-electron chi connectivity index (χ1n) is 13.4. The highest BCUT2D eigenvalue weighted by Gasteiger charge is 2.36. The molecule has 3 amide bonds. The summed E-state index contributed by atoms with van der Waals surface area (Å²) in [5.74, 6) is 0.0600. The number of nitrogens with two attached hydrogens (primary N) is 2. The summed E-state index contributed by atoms with van der Waals surface area (Å²) in [5, 5.41) is 2.73. The number of carbonyl (C=O) groups excluding carboxylic acids is 2. The van der Waals surface area contributed by atoms with Crippen molar-refractivity contribution in [3.05, 3.63) is 52.6 Å². The van der Waals surface area contributed by atoms with Crippen molar-refractivity contribution in [2.45, 2.75) is 64.2 Å². The first-order chi connectivity index (χ1) is 18.0. The topological polar surface area (TPSA) is 143 Å². The Labute approximate surface area is 235 Å². The van der Waals surface area contributed by atoms with Crippen molar-refractivity contribution in [2.75, 3.05) is 38.0 Å². The predicted molar refractivity (Wildman–Crippen MR) is 154 cm³/mol. The Bertz CT molecular complexity index is 1190. The quantitative estimate of drug-likeness (QED) is 0.488. The van der Waals surface area contributed by atoms with Crippen LogP contribution in [-0.2, 0) is 11.3 Å². The molecule has 12 heteroatoms. The minimum absolute atomic E-state index is 0. The molecule has 0 bridgehead atoms. The Balaban J connectivity index is 0.00000420. The molecule has 0 radical (unpaired) electrons. The molecule has 0 saturated carbocycles. The molecule has 0 unspecified atom stereocenters. The molecule has 11 nitrogen and oxygen atoms in total. The number of likely N-dealkylation sites (tertiary alicyclic amines) is 1. The van der Waals surface area contributed by atoms with Crippen molar-refractivity contribution < 1.29 is 9.59 Å².